The van der Waals surface area contributed by atoms with E-state index in [0.717, 1.165) is 30.9 Å². The number of hydrogen-bond acceptors (Lipinski definition) is 4. The van der Waals surface area contributed by atoms with Crippen molar-refractivity contribution >= 4 is 32.9 Å². The maximum Gasteiger partial charge on any atom is 0.0910 e. The summed E-state index contributed by atoms with van der Waals surface area (Å²) in [5.74, 6) is 0. The Morgan fingerprint density at radius 3 is 1.55 bits per heavy atom. The standard InChI is InChI=1S/C25H22N2O2/c28-13-16-1-5-20-18(9-16)3-7-24-22(20)11-26-15-27(24)12-23-21-6-2-17(14-29)10-19(21)4-8-25(23)26/h1-10,28-29H,11-15H2. The fourth-order valence-electron chi connectivity index (χ4n) is 5.00. The van der Waals surface area contributed by atoms with Crippen LogP contribution in [0.5, 0.6) is 0 Å². The van der Waals surface area contributed by atoms with E-state index in [1.165, 1.54) is 44.0 Å². The van der Waals surface area contributed by atoms with Crippen LogP contribution in [0.25, 0.3) is 21.5 Å². The molecule has 0 unspecified atom stereocenters. The third-order valence-electron chi connectivity index (χ3n) is 6.43. The van der Waals surface area contributed by atoms with Crippen LogP contribution in [0.15, 0.2) is 60.7 Å². The molecule has 0 aromatic heterocycles. The highest BCUT2D eigenvalue weighted by atomic mass is 16.3. The topological polar surface area (TPSA) is 46.9 Å². The molecule has 6 rings (SSSR count). The zero-order valence-electron chi connectivity index (χ0n) is 16.1. The molecule has 0 radical (unpaired) electrons. The molecule has 2 aliphatic heterocycles. The zero-order chi connectivity index (χ0) is 19.5. The molecule has 29 heavy (non-hydrogen) atoms. The Bertz CT molecular complexity index is 1180. The summed E-state index contributed by atoms with van der Waals surface area (Å²) in [4.78, 5) is 4.92. The minimum atomic E-state index is 0.0731. The molecular weight excluding hydrogens is 360 g/mol. The van der Waals surface area contributed by atoms with Gasteiger partial charge in [0.1, 0.15) is 0 Å². The molecule has 0 atom stereocenters. The summed E-state index contributed by atoms with van der Waals surface area (Å²) in [6, 6.07) is 21.4. The Hall–Kier alpha value is -3.08. The minimum absolute atomic E-state index is 0.0731. The molecule has 2 heterocycles. The number of aliphatic hydroxyl groups is 2. The van der Waals surface area contributed by atoms with E-state index >= 15 is 0 Å². The SMILES string of the molecule is OCc1ccc2c3c(ccc2c1)N1Cc2c(ccc4cc(CO)ccc24)N(C3)C1. The second kappa shape index (κ2) is 6.21. The van der Waals surface area contributed by atoms with Crippen molar-refractivity contribution in [1.29, 1.82) is 0 Å². The predicted octanol–water partition coefficient (Wildman–Crippen LogP) is 4.28. The van der Waals surface area contributed by atoms with Crippen molar-refractivity contribution in [3.8, 4) is 0 Å². The highest BCUT2D eigenvalue weighted by Crippen LogP contribution is 2.43. The van der Waals surface area contributed by atoms with Crippen molar-refractivity contribution in [2.75, 3.05) is 16.5 Å². The summed E-state index contributed by atoms with van der Waals surface area (Å²) in [6.45, 7) is 2.82. The lowest BCUT2D eigenvalue weighted by Gasteiger charge is -2.45. The molecule has 0 amide bonds. The van der Waals surface area contributed by atoms with E-state index in [-0.39, 0.29) is 13.2 Å². The van der Waals surface area contributed by atoms with Crippen molar-refractivity contribution in [2.24, 2.45) is 0 Å². The molecule has 2 N–H and O–H groups in total. The summed E-state index contributed by atoms with van der Waals surface area (Å²) >= 11 is 0. The van der Waals surface area contributed by atoms with Gasteiger partial charge in [-0.05, 0) is 56.9 Å². The molecule has 4 nitrogen and oxygen atoms in total. The lowest BCUT2D eigenvalue weighted by molar-refractivity contribution is 0.282. The number of fused-ring (bicyclic) bond motifs is 10. The van der Waals surface area contributed by atoms with Gasteiger partial charge >= 0.3 is 0 Å². The van der Waals surface area contributed by atoms with E-state index in [9.17, 15) is 10.2 Å². The quantitative estimate of drug-likeness (QED) is 0.543. The highest BCUT2D eigenvalue weighted by Gasteiger charge is 2.31. The second-order valence-electron chi connectivity index (χ2n) is 8.09. The van der Waals surface area contributed by atoms with Gasteiger partial charge in [-0.15, -0.1) is 0 Å². The number of rotatable bonds is 2. The maximum absolute atomic E-state index is 9.47. The van der Waals surface area contributed by atoms with Crippen LogP contribution >= 0.6 is 0 Å². The van der Waals surface area contributed by atoms with E-state index in [1.54, 1.807) is 0 Å². The lowest BCUT2D eigenvalue weighted by atomic mass is 9.93. The van der Waals surface area contributed by atoms with Crippen LogP contribution in [-0.4, -0.2) is 16.9 Å². The van der Waals surface area contributed by atoms with Gasteiger partial charge in [0.2, 0.25) is 0 Å². The Morgan fingerprint density at radius 1 is 0.621 bits per heavy atom. The van der Waals surface area contributed by atoms with Gasteiger partial charge < -0.3 is 20.0 Å². The van der Waals surface area contributed by atoms with Crippen LogP contribution in [0.1, 0.15) is 22.3 Å². The molecule has 2 aliphatic rings. The van der Waals surface area contributed by atoms with Crippen LogP contribution in [0, 0.1) is 0 Å². The Morgan fingerprint density at radius 2 is 1.10 bits per heavy atom. The maximum atomic E-state index is 9.47. The van der Waals surface area contributed by atoms with Gasteiger partial charge in [-0.3, -0.25) is 0 Å². The van der Waals surface area contributed by atoms with Crippen LogP contribution < -0.4 is 9.80 Å². The zero-order valence-corrected chi connectivity index (χ0v) is 16.1. The first kappa shape index (κ1) is 16.8. The molecule has 2 bridgehead atoms. The Balaban J connectivity index is 1.50. The van der Waals surface area contributed by atoms with Gasteiger partial charge in [0.15, 0.2) is 0 Å². The number of anilines is 2. The Kier molecular flexibility index (Phi) is 3.60. The number of aliphatic hydroxyl groups excluding tert-OH is 2. The minimum Gasteiger partial charge on any atom is -0.392 e. The van der Waals surface area contributed by atoms with Gasteiger partial charge in [-0.25, -0.2) is 0 Å². The molecule has 0 saturated carbocycles. The van der Waals surface area contributed by atoms with Crippen LogP contribution in [0.4, 0.5) is 11.4 Å². The molecule has 4 aromatic rings. The molecular formula is C25H22N2O2. The third kappa shape index (κ3) is 2.46. The van der Waals surface area contributed by atoms with E-state index in [2.05, 4.69) is 58.3 Å². The van der Waals surface area contributed by atoms with E-state index < -0.39 is 0 Å². The first-order valence-corrected chi connectivity index (χ1v) is 10.1. The van der Waals surface area contributed by atoms with Crippen molar-refractivity contribution in [2.45, 2.75) is 26.3 Å². The van der Waals surface area contributed by atoms with Gasteiger partial charge in [0.25, 0.3) is 0 Å². The summed E-state index contributed by atoms with van der Waals surface area (Å²) in [7, 11) is 0. The van der Waals surface area contributed by atoms with Crippen molar-refractivity contribution in [1.82, 2.24) is 0 Å². The summed E-state index contributed by atoms with van der Waals surface area (Å²) in [5, 5.41) is 23.8. The van der Waals surface area contributed by atoms with Crippen LogP contribution in [-0.2, 0) is 26.3 Å². The largest absolute Gasteiger partial charge is 0.392 e. The van der Waals surface area contributed by atoms with Gasteiger partial charge in [0, 0.05) is 35.6 Å². The Labute approximate surface area is 169 Å². The first-order chi connectivity index (χ1) is 14.2. The summed E-state index contributed by atoms with van der Waals surface area (Å²) in [6.07, 6.45) is 0. The van der Waals surface area contributed by atoms with Gasteiger partial charge in [-0.1, -0.05) is 36.4 Å². The number of benzene rings is 4. The molecule has 0 aliphatic carbocycles. The normalized spacial score (nSPS) is 15.0. The summed E-state index contributed by atoms with van der Waals surface area (Å²) in [5.41, 5.74) is 7.24. The van der Waals surface area contributed by atoms with Crippen molar-refractivity contribution in [3.05, 3.63) is 82.9 Å². The fourth-order valence-corrected chi connectivity index (χ4v) is 5.00. The molecule has 4 aromatic carbocycles. The predicted molar refractivity (Wildman–Crippen MR) is 117 cm³/mol. The number of nitrogens with zero attached hydrogens (tertiary/aromatic N) is 2. The van der Waals surface area contributed by atoms with Crippen LogP contribution in [0.3, 0.4) is 0 Å². The smallest absolute Gasteiger partial charge is 0.0910 e. The molecule has 0 saturated heterocycles. The first-order valence-electron chi connectivity index (χ1n) is 10.1. The van der Waals surface area contributed by atoms with Crippen LogP contribution in [0.2, 0.25) is 0 Å². The van der Waals surface area contributed by atoms with E-state index in [0.29, 0.717) is 0 Å². The van der Waals surface area contributed by atoms with E-state index in [1.807, 2.05) is 12.1 Å². The van der Waals surface area contributed by atoms with Gasteiger partial charge in [-0.2, -0.15) is 0 Å². The van der Waals surface area contributed by atoms with Crippen molar-refractivity contribution < 1.29 is 10.2 Å². The molecule has 0 fully saturated rings. The van der Waals surface area contributed by atoms with Crippen molar-refractivity contribution in [3.63, 3.8) is 0 Å². The van der Waals surface area contributed by atoms with Gasteiger partial charge in [0.05, 0.1) is 19.9 Å². The monoisotopic (exact) mass is 382 g/mol. The summed E-state index contributed by atoms with van der Waals surface area (Å²) < 4.78 is 0. The average molecular weight is 382 g/mol. The highest BCUT2D eigenvalue weighted by molar-refractivity contribution is 5.95. The second-order valence-corrected chi connectivity index (χ2v) is 8.09. The van der Waals surface area contributed by atoms with E-state index in [4.69, 9.17) is 0 Å². The molecule has 0 spiro atoms. The third-order valence-corrected chi connectivity index (χ3v) is 6.43. The molecule has 4 heteroatoms. The lowest BCUT2D eigenvalue weighted by Crippen LogP contribution is -2.46. The molecule has 144 valence electrons. The average Bonchev–Trinajstić information content (AvgIpc) is 2.78. The number of hydrogen-bond donors (Lipinski definition) is 2. The fraction of sp³-hybridized carbons (Fsp3) is 0.200.